The number of nitrogens with zero attached hydrogens (tertiary/aromatic N) is 4. The number of carbonyl (C=O) groups is 2. The smallest absolute Gasteiger partial charge is 0.410 e. The first kappa shape index (κ1) is 32.4. The van der Waals surface area contributed by atoms with E-state index in [1.165, 1.54) is 0 Å². The molecule has 4 heterocycles. The Labute approximate surface area is 290 Å². The predicted octanol–water partition coefficient (Wildman–Crippen LogP) is 5.29. The fourth-order valence-electron chi connectivity index (χ4n) is 7.50. The summed E-state index contributed by atoms with van der Waals surface area (Å²) in [5, 5.41) is 5.51. The summed E-state index contributed by atoms with van der Waals surface area (Å²) in [5.41, 5.74) is 2.49. The fraction of sp³-hybridized carbons (Fsp3) is 0.457. The molecule has 7 rings (SSSR count). The Morgan fingerprint density at radius 3 is 2.28 bits per heavy atom. The van der Waals surface area contributed by atoms with E-state index >= 15 is 0 Å². The number of imidazole rings is 1. The highest BCUT2D eigenvalue weighted by Gasteiger charge is 2.35. The average molecular weight is 769 g/mol. The van der Waals surface area contributed by atoms with Crippen LogP contribution in [-0.2, 0) is 16.0 Å². The second-order valence-electron chi connectivity index (χ2n) is 12.9. The van der Waals surface area contributed by atoms with Gasteiger partial charge in [-0.05, 0) is 86.7 Å². The molecule has 0 bridgehead atoms. The van der Waals surface area contributed by atoms with Gasteiger partial charge < -0.3 is 24.8 Å². The third-order valence-electron chi connectivity index (χ3n) is 10.1. The number of likely N-dealkylation sites (tertiary alicyclic amines) is 2. The van der Waals surface area contributed by atoms with Crippen molar-refractivity contribution in [2.24, 2.45) is 0 Å². The zero-order chi connectivity index (χ0) is 32.5. The van der Waals surface area contributed by atoms with Crippen LogP contribution in [0.15, 0.2) is 68.3 Å². The van der Waals surface area contributed by atoms with E-state index in [1.807, 2.05) is 64.1 Å². The van der Waals surface area contributed by atoms with Gasteiger partial charge in [0.05, 0.1) is 11.0 Å². The number of nitrogens with one attached hydrogen (secondary N) is 2. The molecule has 1 atom stereocenters. The van der Waals surface area contributed by atoms with Gasteiger partial charge in [0.15, 0.2) is 6.10 Å². The van der Waals surface area contributed by atoms with E-state index in [9.17, 15) is 14.4 Å². The highest BCUT2D eigenvalue weighted by molar-refractivity contribution is 9.13. The third kappa shape index (κ3) is 6.88. The van der Waals surface area contributed by atoms with Crippen LogP contribution in [0.2, 0.25) is 0 Å². The van der Waals surface area contributed by atoms with E-state index in [4.69, 9.17) is 4.74 Å². The molecule has 0 spiro atoms. The molecule has 2 amide bonds. The van der Waals surface area contributed by atoms with Crippen molar-refractivity contribution in [3.8, 4) is 0 Å². The molecule has 2 N–H and O–H groups in total. The van der Waals surface area contributed by atoms with Crippen molar-refractivity contribution < 1.29 is 14.3 Å². The predicted molar refractivity (Wildman–Crippen MR) is 190 cm³/mol. The monoisotopic (exact) mass is 766 g/mol. The number of rotatable bonds is 6. The number of benzene rings is 3. The summed E-state index contributed by atoms with van der Waals surface area (Å²) >= 11 is 7.09. The van der Waals surface area contributed by atoms with Crippen molar-refractivity contribution in [1.82, 2.24) is 29.6 Å². The van der Waals surface area contributed by atoms with Crippen LogP contribution in [-0.4, -0.2) is 101 Å². The zero-order valence-corrected chi connectivity index (χ0v) is 29.5. The molecule has 0 unspecified atom stereocenters. The van der Waals surface area contributed by atoms with Gasteiger partial charge in [0, 0.05) is 85.2 Å². The van der Waals surface area contributed by atoms with Crippen molar-refractivity contribution >= 4 is 65.7 Å². The largest absolute Gasteiger partial charge is 0.436 e. The van der Waals surface area contributed by atoms with E-state index in [-0.39, 0.29) is 17.6 Å². The molecule has 12 heteroatoms. The number of halogens is 2. The number of hydrogen-bond acceptors (Lipinski definition) is 6. The van der Waals surface area contributed by atoms with Gasteiger partial charge in [-0.25, -0.2) is 9.59 Å². The SMILES string of the molecule is O=C(O[C@H](Cc1ccc(Br)c(Br)c1)C(=O)N1CCC(N2CCNCC2)CC1)N1CCC(n2c(=O)[nH]c3c4ccccc4ccc32)CC1. The first-order valence-corrected chi connectivity index (χ1v) is 18.2. The molecule has 10 nitrogen and oxygen atoms in total. The highest BCUT2D eigenvalue weighted by atomic mass is 79.9. The second kappa shape index (κ2) is 14.1. The van der Waals surface area contributed by atoms with Gasteiger partial charge >= 0.3 is 11.8 Å². The minimum absolute atomic E-state index is 0.0454. The molecule has 47 heavy (non-hydrogen) atoms. The third-order valence-corrected chi connectivity index (χ3v) is 12.0. The summed E-state index contributed by atoms with van der Waals surface area (Å²) < 4.78 is 9.70. The van der Waals surface area contributed by atoms with Crippen LogP contribution < -0.4 is 11.0 Å². The van der Waals surface area contributed by atoms with Crippen molar-refractivity contribution in [2.75, 3.05) is 52.4 Å². The van der Waals surface area contributed by atoms with Crippen LogP contribution >= 0.6 is 31.9 Å². The van der Waals surface area contributed by atoms with Gasteiger partial charge in [-0.3, -0.25) is 14.3 Å². The summed E-state index contributed by atoms with van der Waals surface area (Å²) in [7, 11) is 0. The van der Waals surface area contributed by atoms with Crippen molar-refractivity contribution in [2.45, 2.75) is 50.3 Å². The summed E-state index contributed by atoms with van der Waals surface area (Å²) in [4.78, 5) is 49.9. The van der Waals surface area contributed by atoms with E-state index in [2.05, 4.69) is 47.1 Å². The molecule has 3 aromatic carbocycles. The van der Waals surface area contributed by atoms with Gasteiger partial charge in [0.25, 0.3) is 5.91 Å². The number of fused-ring (bicyclic) bond motifs is 3. The standard InChI is InChI=1S/C35H40Br2N6O4/c36-28-7-5-23(21-29(28)37)22-31(33(44)41-15-9-25(10-16-41)40-19-13-38-14-20-40)47-35(46)42-17-11-26(12-18-42)43-30-8-6-24-3-1-2-4-27(24)32(30)39-34(43)45/h1-8,21,25-26,31,38H,9-20,22H2,(H,39,45)/t31-/m1/s1. The molecule has 3 saturated heterocycles. The first-order valence-electron chi connectivity index (χ1n) is 16.6. The van der Waals surface area contributed by atoms with Gasteiger partial charge in [-0.2, -0.15) is 0 Å². The van der Waals surface area contributed by atoms with Crippen LogP contribution in [0.4, 0.5) is 4.79 Å². The summed E-state index contributed by atoms with van der Waals surface area (Å²) in [6.45, 7) is 6.30. The van der Waals surface area contributed by atoms with Crippen LogP contribution in [0.25, 0.3) is 21.8 Å². The molecule has 248 valence electrons. The van der Waals surface area contributed by atoms with E-state index in [0.29, 0.717) is 51.5 Å². The Bertz CT molecular complexity index is 1820. The Morgan fingerprint density at radius 1 is 0.830 bits per heavy atom. The number of ether oxygens (including phenoxy) is 1. The van der Waals surface area contributed by atoms with Crippen molar-refractivity contribution in [3.63, 3.8) is 0 Å². The minimum atomic E-state index is -0.923. The molecular formula is C35H40Br2N6O4. The van der Waals surface area contributed by atoms with Crippen molar-refractivity contribution in [1.29, 1.82) is 0 Å². The quantitative estimate of drug-likeness (QED) is 0.277. The lowest BCUT2D eigenvalue weighted by Gasteiger charge is -2.41. The minimum Gasteiger partial charge on any atom is -0.436 e. The van der Waals surface area contributed by atoms with Crippen LogP contribution in [0.1, 0.15) is 37.3 Å². The number of piperazine rings is 1. The number of carbonyl (C=O) groups excluding carboxylic acids is 2. The first-order chi connectivity index (χ1) is 22.9. The van der Waals surface area contributed by atoms with Crippen LogP contribution in [0.5, 0.6) is 0 Å². The topological polar surface area (TPSA) is 103 Å². The Hall–Kier alpha value is -3.19. The Kier molecular flexibility index (Phi) is 9.72. The maximum Gasteiger partial charge on any atom is 0.410 e. The molecule has 3 fully saturated rings. The number of aromatic nitrogens is 2. The van der Waals surface area contributed by atoms with E-state index in [0.717, 1.165) is 75.3 Å². The molecule has 0 radical (unpaired) electrons. The normalized spacial score (nSPS) is 19.4. The number of hydrogen-bond donors (Lipinski definition) is 2. The molecule has 1 aromatic heterocycles. The zero-order valence-electron chi connectivity index (χ0n) is 26.3. The molecule has 3 aliphatic rings. The molecule has 0 aliphatic carbocycles. The van der Waals surface area contributed by atoms with E-state index < -0.39 is 12.2 Å². The number of amides is 2. The lowest BCUT2D eigenvalue weighted by molar-refractivity contribution is -0.142. The maximum atomic E-state index is 14.0. The number of H-pyrrole nitrogens is 1. The lowest BCUT2D eigenvalue weighted by Crippen LogP contribution is -2.54. The van der Waals surface area contributed by atoms with Gasteiger partial charge in [-0.15, -0.1) is 0 Å². The van der Waals surface area contributed by atoms with Crippen molar-refractivity contribution in [3.05, 3.63) is 79.6 Å². The fourth-order valence-corrected chi connectivity index (χ4v) is 8.17. The lowest BCUT2D eigenvalue weighted by atomic mass is 10.0. The average Bonchev–Trinajstić information content (AvgIpc) is 3.46. The van der Waals surface area contributed by atoms with Crippen LogP contribution in [0.3, 0.4) is 0 Å². The van der Waals surface area contributed by atoms with Gasteiger partial charge in [0.1, 0.15) is 0 Å². The molecule has 0 saturated carbocycles. The summed E-state index contributed by atoms with van der Waals surface area (Å²) in [6, 6.07) is 18.4. The maximum absolute atomic E-state index is 14.0. The van der Waals surface area contributed by atoms with Gasteiger partial charge in [-0.1, -0.05) is 36.4 Å². The molecule has 4 aromatic rings. The van der Waals surface area contributed by atoms with E-state index in [1.54, 1.807) is 4.90 Å². The Morgan fingerprint density at radius 2 is 1.53 bits per heavy atom. The second-order valence-corrected chi connectivity index (χ2v) is 14.6. The van der Waals surface area contributed by atoms with Gasteiger partial charge in [0.2, 0.25) is 0 Å². The Balaban J connectivity index is 1.03. The molecular weight excluding hydrogens is 728 g/mol. The van der Waals surface area contributed by atoms with Crippen LogP contribution in [0, 0.1) is 0 Å². The molecule has 3 aliphatic heterocycles. The summed E-state index contributed by atoms with van der Waals surface area (Å²) in [6.07, 6.45) is 1.97. The number of piperidine rings is 2. The summed E-state index contributed by atoms with van der Waals surface area (Å²) in [5.74, 6) is -0.136. The highest BCUT2D eigenvalue weighted by Crippen LogP contribution is 2.30. The number of aromatic amines is 1.